The van der Waals surface area contributed by atoms with Crippen LogP contribution in [-0.4, -0.2) is 33.1 Å². The molecule has 0 radical (unpaired) electrons. The zero-order chi connectivity index (χ0) is 21.3. The number of carboxylic acid groups (broad SMARTS) is 1. The van der Waals surface area contributed by atoms with Crippen LogP contribution in [0.15, 0.2) is 35.8 Å². The zero-order valence-electron chi connectivity index (χ0n) is 16.2. The summed E-state index contributed by atoms with van der Waals surface area (Å²) in [5.41, 5.74) is 0.676. The molecule has 0 unspecified atom stereocenters. The highest BCUT2D eigenvalue weighted by molar-refractivity contribution is 7.12. The molecule has 1 aromatic carbocycles. The van der Waals surface area contributed by atoms with Crippen LogP contribution in [0, 0.1) is 5.82 Å². The normalized spacial score (nSPS) is 11.6. The Hall–Kier alpha value is -3.00. The van der Waals surface area contributed by atoms with Crippen LogP contribution < -0.4 is 0 Å². The van der Waals surface area contributed by atoms with Gasteiger partial charge < -0.3 is 9.84 Å². The van der Waals surface area contributed by atoms with Gasteiger partial charge in [-0.3, -0.25) is 14.2 Å². The number of rotatable bonds is 5. The quantitative estimate of drug-likeness (QED) is 0.567. The SMILES string of the molecule is CC(C)(C)OC(=O)n1cc(-c2csc(C(=O)CCC(=O)O)c2)c2c(F)cccc21. The first-order valence-electron chi connectivity index (χ1n) is 8.93. The van der Waals surface area contributed by atoms with Gasteiger partial charge >= 0.3 is 12.1 Å². The molecule has 3 rings (SSSR count). The lowest BCUT2D eigenvalue weighted by Crippen LogP contribution is -2.26. The second kappa shape index (κ2) is 7.79. The molecule has 3 aromatic rings. The number of aromatic nitrogens is 1. The summed E-state index contributed by atoms with van der Waals surface area (Å²) >= 11 is 1.16. The first-order valence-corrected chi connectivity index (χ1v) is 9.81. The van der Waals surface area contributed by atoms with Crippen LogP contribution in [0.1, 0.15) is 43.3 Å². The molecule has 2 heterocycles. The fraction of sp³-hybridized carbons (Fsp3) is 0.286. The Labute approximate surface area is 170 Å². The lowest BCUT2D eigenvalue weighted by molar-refractivity contribution is -0.136. The average Bonchev–Trinajstić information content (AvgIpc) is 3.23. The standard InChI is InChI=1S/C21H20FNO5S/c1-21(2,3)28-20(27)23-10-13(19-14(22)5-4-6-15(19)23)12-9-17(29-11-12)16(24)7-8-18(25)26/h4-6,9-11H,7-8H2,1-3H3,(H,25,26). The van der Waals surface area contributed by atoms with Gasteiger partial charge in [0.2, 0.25) is 0 Å². The van der Waals surface area contributed by atoms with Gasteiger partial charge in [-0.05, 0) is 49.9 Å². The van der Waals surface area contributed by atoms with E-state index in [4.69, 9.17) is 9.84 Å². The van der Waals surface area contributed by atoms with Crippen LogP contribution in [0.2, 0.25) is 0 Å². The number of benzene rings is 1. The van der Waals surface area contributed by atoms with Crippen molar-refractivity contribution in [1.82, 2.24) is 4.57 Å². The molecule has 0 spiro atoms. The smallest absolute Gasteiger partial charge is 0.419 e. The van der Waals surface area contributed by atoms with E-state index < -0.39 is 23.5 Å². The third-order valence-electron chi connectivity index (χ3n) is 4.12. The van der Waals surface area contributed by atoms with E-state index in [9.17, 15) is 18.8 Å². The number of fused-ring (bicyclic) bond motifs is 1. The van der Waals surface area contributed by atoms with E-state index in [-0.39, 0.29) is 24.0 Å². The molecule has 8 heteroatoms. The summed E-state index contributed by atoms with van der Waals surface area (Å²) in [6.07, 6.45) is 0.504. The Kier molecular flexibility index (Phi) is 5.57. The number of thiophene rings is 1. The summed E-state index contributed by atoms with van der Waals surface area (Å²) in [6, 6.07) is 6.03. The van der Waals surface area contributed by atoms with Crippen LogP contribution in [0.3, 0.4) is 0 Å². The molecule has 0 amide bonds. The summed E-state index contributed by atoms with van der Waals surface area (Å²) in [5.74, 6) is -1.83. The summed E-state index contributed by atoms with van der Waals surface area (Å²) in [7, 11) is 0. The summed E-state index contributed by atoms with van der Waals surface area (Å²) in [6.45, 7) is 5.23. The predicted molar refractivity (Wildman–Crippen MR) is 108 cm³/mol. The van der Waals surface area contributed by atoms with Gasteiger partial charge in [0.15, 0.2) is 5.78 Å². The van der Waals surface area contributed by atoms with Gasteiger partial charge in [-0.25, -0.2) is 9.18 Å². The Morgan fingerprint density at radius 3 is 2.59 bits per heavy atom. The van der Waals surface area contributed by atoms with Crippen molar-refractivity contribution >= 4 is 40.1 Å². The van der Waals surface area contributed by atoms with Gasteiger partial charge in [0.1, 0.15) is 11.4 Å². The molecule has 6 nitrogen and oxygen atoms in total. The Bertz CT molecular complexity index is 1110. The average molecular weight is 417 g/mol. The van der Waals surface area contributed by atoms with Crippen molar-refractivity contribution in [2.45, 2.75) is 39.2 Å². The molecule has 0 saturated heterocycles. The molecule has 29 heavy (non-hydrogen) atoms. The van der Waals surface area contributed by atoms with Gasteiger partial charge in [-0.2, -0.15) is 0 Å². The maximum absolute atomic E-state index is 14.6. The third-order valence-corrected chi connectivity index (χ3v) is 5.09. The number of nitrogens with zero attached hydrogens (tertiary/aromatic N) is 1. The highest BCUT2D eigenvalue weighted by atomic mass is 32.1. The highest BCUT2D eigenvalue weighted by Crippen LogP contribution is 2.35. The van der Waals surface area contributed by atoms with Crippen LogP contribution in [0.4, 0.5) is 9.18 Å². The molecule has 0 saturated carbocycles. The Morgan fingerprint density at radius 1 is 1.21 bits per heavy atom. The van der Waals surface area contributed by atoms with Crippen molar-refractivity contribution in [2.75, 3.05) is 0 Å². The summed E-state index contributed by atoms with van der Waals surface area (Å²) < 4.78 is 21.3. The monoisotopic (exact) mass is 417 g/mol. The van der Waals surface area contributed by atoms with Crippen molar-refractivity contribution in [3.8, 4) is 11.1 Å². The zero-order valence-corrected chi connectivity index (χ0v) is 17.0. The minimum atomic E-state index is -1.04. The summed E-state index contributed by atoms with van der Waals surface area (Å²) in [5, 5.41) is 10.7. The largest absolute Gasteiger partial charge is 0.481 e. The van der Waals surface area contributed by atoms with E-state index >= 15 is 0 Å². The molecule has 0 atom stereocenters. The van der Waals surface area contributed by atoms with E-state index in [1.54, 1.807) is 38.3 Å². The molecule has 0 fully saturated rings. The number of carboxylic acids is 1. The highest BCUT2D eigenvalue weighted by Gasteiger charge is 2.23. The van der Waals surface area contributed by atoms with Gasteiger partial charge in [-0.1, -0.05) is 6.07 Å². The molecule has 0 aliphatic heterocycles. The number of aliphatic carboxylic acids is 1. The van der Waals surface area contributed by atoms with E-state index in [1.165, 1.54) is 22.9 Å². The topological polar surface area (TPSA) is 85.6 Å². The molecule has 0 aliphatic rings. The van der Waals surface area contributed by atoms with E-state index in [0.29, 0.717) is 21.5 Å². The number of hydrogen-bond acceptors (Lipinski definition) is 5. The molecular weight excluding hydrogens is 397 g/mol. The third kappa shape index (κ3) is 4.54. The number of carbonyl (C=O) groups excluding carboxylic acids is 2. The number of carbonyl (C=O) groups is 3. The van der Waals surface area contributed by atoms with E-state index in [1.807, 2.05) is 0 Å². The predicted octanol–water partition coefficient (Wildman–Crippen LogP) is 5.34. The van der Waals surface area contributed by atoms with Crippen LogP contribution >= 0.6 is 11.3 Å². The fourth-order valence-corrected chi connectivity index (χ4v) is 3.77. The number of hydrogen-bond donors (Lipinski definition) is 1. The maximum atomic E-state index is 14.6. The van der Waals surface area contributed by atoms with Crippen LogP contribution in [0.5, 0.6) is 0 Å². The van der Waals surface area contributed by atoms with Crippen LogP contribution in [-0.2, 0) is 9.53 Å². The van der Waals surface area contributed by atoms with E-state index in [0.717, 1.165) is 11.3 Å². The first kappa shape index (κ1) is 20.7. The lowest BCUT2D eigenvalue weighted by Gasteiger charge is -2.19. The van der Waals surface area contributed by atoms with Gasteiger partial charge in [0.05, 0.1) is 16.8 Å². The van der Waals surface area contributed by atoms with Crippen LogP contribution in [0.25, 0.3) is 22.0 Å². The van der Waals surface area contributed by atoms with Crippen molar-refractivity contribution in [3.63, 3.8) is 0 Å². The van der Waals surface area contributed by atoms with Crippen molar-refractivity contribution in [2.24, 2.45) is 0 Å². The minimum absolute atomic E-state index is 0.108. The summed E-state index contributed by atoms with van der Waals surface area (Å²) in [4.78, 5) is 35.9. The van der Waals surface area contributed by atoms with Gasteiger partial charge in [-0.15, -0.1) is 11.3 Å². The first-order chi connectivity index (χ1) is 13.6. The van der Waals surface area contributed by atoms with Gasteiger partial charge in [0, 0.05) is 23.6 Å². The second-order valence-electron chi connectivity index (χ2n) is 7.54. The second-order valence-corrected chi connectivity index (χ2v) is 8.45. The molecule has 152 valence electrons. The lowest BCUT2D eigenvalue weighted by atomic mass is 10.1. The molecule has 0 aliphatic carbocycles. The molecule has 2 aromatic heterocycles. The Balaban J connectivity index is 2.03. The van der Waals surface area contributed by atoms with Crippen molar-refractivity contribution in [3.05, 3.63) is 46.5 Å². The fourth-order valence-electron chi connectivity index (χ4n) is 2.89. The number of Topliss-reactive ketones (excluding diaryl/α,β-unsaturated/α-hetero) is 1. The van der Waals surface area contributed by atoms with Crippen molar-refractivity contribution in [1.29, 1.82) is 0 Å². The molecule has 0 bridgehead atoms. The number of ether oxygens (including phenoxy) is 1. The maximum Gasteiger partial charge on any atom is 0.419 e. The number of halogens is 1. The van der Waals surface area contributed by atoms with Crippen molar-refractivity contribution < 1.29 is 28.6 Å². The minimum Gasteiger partial charge on any atom is -0.481 e. The van der Waals surface area contributed by atoms with E-state index in [2.05, 4.69) is 0 Å². The number of ketones is 1. The molecule has 1 N–H and O–H groups in total. The van der Waals surface area contributed by atoms with Gasteiger partial charge in [0.25, 0.3) is 0 Å². The Morgan fingerprint density at radius 2 is 1.93 bits per heavy atom. The molecular formula is C21H20FNO5S.